The molecule has 1 fully saturated rings. The maximum atomic E-state index is 12.7. The van der Waals surface area contributed by atoms with Gasteiger partial charge in [-0.2, -0.15) is 5.26 Å². The Morgan fingerprint density at radius 3 is 2.50 bits per heavy atom. The minimum Gasteiger partial charge on any atom is -0.444 e. The molecular formula is C17H30N6O3. The van der Waals surface area contributed by atoms with Crippen molar-refractivity contribution in [3.8, 4) is 6.19 Å². The maximum absolute atomic E-state index is 12.7. The monoisotopic (exact) mass is 366 g/mol. The van der Waals surface area contributed by atoms with E-state index in [1.165, 1.54) is 0 Å². The molecule has 2 amide bonds. The summed E-state index contributed by atoms with van der Waals surface area (Å²) < 4.78 is 5.27. The highest BCUT2D eigenvalue weighted by Gasteiger charge is 2.29. The number of carbonyl (C=O) groups excluding carboxylic acids is 2. The largest absolute Gasteiger partial charge is 0.444 e. The fraction of sp³-hybridized carbons (Fsp3) is 0.765. The summed E-state index contributed by atoms with van der Waals surface area (Å²) in [4.78, 5) is 30.4. The van der Waals surface area contributed by atoms with Crippen molar-refractivity contribution in [3.05, 3.63) is 0 Å². The molecule has 0 unspecified atom stereocenters. The number of hydrogen-bond acceptors (Lipinski definition) is 5. The van der Waals surface area contributed by atoms with Crippen molar-refractivity contribution < 1.29 is 14.3 Å². The van der Waals surface area contributed by atoms with Crippen LogP contribution < -0.4 is 16.0 Å². The fourth-order valence-corrected chi connectivity index (χ4v) is 2.61. The Morgan fingerprint density at radius 2 is 1.96 bits per heavy atom. The van der Waals surface area contributed by atoms with Crippen LogP contribution in [-0.2, 0) is 9.53 Å². The van der Waals surface area contributed by atoms with E-state index in [0.29, 0.717) is 25.3 Å². The van der Waals surface area contributed by atoms with Crippen molar-refractivity contribution >= 4 is 18.0 Å². The van der Waals surface area contributed by atoms with Gasteiger partial charge in [0.1, 0.15) is 11.6 Å². The molecule has 26 heavy (non-hydrogen) atoms. The van der Waals surface area contributed by atoms with Gasteiger partial charge in [0.15, 0.2) is 6.19 Å². The van der Waals surface area contributed by atoms with E-state index in [1.807, 2.05) is 0 Å². The van der Waals surface area contributed by atoms with Crippen molar-refractivity contribution in [1.29, 1.82) is 5.26 Å². The number of rotatable bonds is 6. The number of likely N-dealkylation sites (tertiary alicyclic amines) is 1. The SMILES string of the molecule is CN=C(NC#N)NCCC[C@H](NC(=O)OC(C)(C)C)C(=O)N1CCCC1. The molecule has 0 aliphatic carbocycles. The van der Waals surface area contributed by atoms with Gasteiger partial charge in [0.2, 0.25) is 11.9 Å². The smallest absolute Gasteiger partial charge is 0.408 e. The van der Waals surface area contributed by atoms with Crippen LogP contribution in [0, 0.1) is 11.5 Å². The second kappa shape index (κ2) is 10.5. The van der Waals surface area contributed by atoms with Crippen molar-refractivity contribution in [1.82, 2.24) is 20.9 Å². The zero-order chi connectivity index (χ0) is 19.6. The van der Waals surface area contributed by atoms with Crippen LogP contribution in [0.1, 0.15) is 46.5 Å². The molecule has 9 heteroatoms. The molecule has 0 aromatic rings. The van der Waals surface area contributed by atoms with E-state index in [9.17, 15) is 9.59 Å². The number of carbonyl (C=O) groups is 2. The second-order valence-electron chi connectivity index (χ2n) is 7.11. The zero-order valence-corrected chi connectivity index (χ0v) is 16.1. The Labute approximate surface area is 155 Å². The molecule has 1 heterocycles. The third-order valence-corrected chi connectivity index (χ3v) is 3.77. The molecule has 0 bridgehead atoms. The Balaban J connectivity index is 2.58. The van der Waals surface area contributed by atoms with Crippen molar-refractivity contribution in [2.45, 2.75) is 58.1 Å². The summed E-state index contributed by atoms with van der Waals surface area (Å²) in [5, 5.41) is 16.7. The molecule has 0 aromatic carbocycles. The lowest BCUT2D eigenvalue weighted by Crippen LogP contribution is -2.49. The molecule has 0 radical (unpaired) electrons. The number of alkyl carbamates (subject to hydrolysis) is 1. The third-order valence-electron chi connectivity index (χ3n) is 3.77. The van der Waals surface area contributed by atoms with Gasteiger partial charge < -0.3 is 20.3 Å². The summed E-state index contributed by atoms with van der Waals surface area (Å²) in [7, 11) is 1.57. The van der Waals surface area contributed by atoms with Crippen molar-refractivity contribution in [2.24, 2.45) is 4.99 Å². The molecule has 146 valence electrons. The summed E-state index contributed by atoms with van der Waals surface area (Å²) in [6.07, 6.45) is 4.26. The van der Waals surface area contributed by atoms with Gasteiger partial charge in [-0.1, -0.05) is 0 Å². The zero-order valence-electron chi connectivity index (χ0n) is 16.1. The standard InChI is InChI=1S/C17H30N6O3/c1-17(2,3)26-16(25)22-13(14(24)23-10-5-6-11-23)8-7-9-20-15(19-4)21-12-18/h13H,5-11H2,1-4H3,(H,22,25)(H2,19,20,21)/t13-/m0/s1. The molecular weight excluding hydrogens is 336 g/mol. The number of guanidine groups is 1. The van der Waals surface area contributed by atoms with Gasteiger partial charge in [0.25, 0.3) is 0 Å². The first-order chi connectivity index (χ1) is 12.3. The van der Waals surface area contributed by atoms with Gasteiger partial charge in [0.05, 0.1) is 0 Å². The van der Waals surface area contributed by atoms with Crippen LogP contribution in [0.15, 0.2) is 4.99 Å². The molecule has 1 aliphatic rings. The molecule has 3 N–H and O–H groups in total. The number of nitrogens with one attached hydrogen (secondary N) is 3. The normalized spacial score (nSPS) is 15.8. The lowest BCUT2D eigenvalue weighted by Gasteiger charge is -2.26. The van der Waals surface area contributed by atoms with E-state index in [4.69, 9.17) is 10.00 Å². The van der Waals surface area contributed by atoms with E-state index in [0.717, 1.165) is 25.9 Å². The van der Waals surface area contributed by atoms with Gasteiger partial charge in [0, 0.05) is 26.7 Å². The first-order valence-corrected chi connectivity index (χ1v) is 8.91. The summed E-state index contributed by atoms with van der Waals surface area (Å²) >= 11 is 0. The van der Waals surface area contributed by atoms with Crippen LogP contribution >= 0.6 is 0 Å². The van der Waals surface area contributed by atoms with E-state index >= 15 is 0 Å². The van der Waals surface area contributed by atoms with Crippen LogP contribution in [-0.4, -0.2) is 61.2 Å². The lowest BCUT2D eigenvalue weighted by molar-refractivity contribution is -0.132. The summed E-state index contributed by atoms with van der Waals surface area (Å²) in [5.74, 6) is 0.294. The molecule has 1 aliphatic heterocycles. The number of hydrogen-bond donors (Lipinski definition) is 3. The van der Waals surface area contributed by atoms with Gasteiger partial charge in [-0.25, -0.2) is 4.79 Å². The number of amides is 2. The maximum Gasteiger partial charge on any atom is 0.408 e. The molecule has 0 aromatic heterocycles. The molecule has 1 saturated heterocycles. The number of nitrogens with zero attached hydrogens (tertiary/aromatic N) is 3. The van der Waals surface area contributed by atoms with Crippen molar-refractivity contribution in [3.63, 3.8) is 0 Å². The van der Waals surface area contributed by atoms with Gasteiger partial charge >= 0.3 is 6.09 Å². The number of ether oxygens (including phenoxy) is 1. The van der Waals surface area contributed by atoms with Crippen LogP contribution in [0.25, 0.3) is 0 Å². The highest BCUT2D eigenvalue weighted by atomic mass is 16.6. The Bertz CT molecular complexity index is 544. The van der Waals surface area contributed by atoms with Crippen LogP contribution in [0.3, 0.4) is 0 Å². The Hall–Kier alpha value is -2.50. The van der Waals surface area contributed by atoms with E-state index in [1.54, 1.807) is 38.9 Å². The van der Waals surface area contributed by atoms with Gasteiger partial charge in [-0.15, -0.1) is 0 Å². The predicted octanol–water partition coefficient (Wildman–Crippen LogP) is 0.928. The Morgan fingerprint density at radius 1 is 1.31 bits per heavy atom. The lowest BCUT2D eigenvalue weighted by atomic mass is 10.1. The first-order valence-electron chi connectivity index (χ1n) is 8.91. The summed E-state index contributed by atoms with van der Waals surface area (Å²) in [6, 6.07) is -0.629. The van der Waals surface area contributed by atoms with Gasteiger partial charge in [-0.05, 0) is 46.5 Å². The molecule has 0 saturated carbocycles. The third kappa shape index (κ3) is 8.05. The van der Waals surface area contributed by atoms with Crippen LogP contribution in [0.2, 0.25) is 0 Å². The quantitative estimate of drug-likeness (QED) is 0.211. The fourth-order valence-electron chi connectivity index (χ4n) is 2.61. The van der Waals surface area contributed by atoms with Gasteiger partial charge in [-0.3, -0.25) is 15.1 Å². The molecule has 1 rings (SSSR count). The first kappa shape index (κ1) is 21.5. The van der Waals surface area contributed by atoms with E-state index < -0.39 is 17.7 Å². The van der Waals surface area contributed by atoms with E-state index in [-0.39, 0.29) is 5.91 Å². The van der Waals surface area contributed by atoms with Crippen LogP contribution in [0.5, 0.6) is 0 Å². The van der Waals surface area contributed by atoms with E-state index in [2.05, 4.69) is 20.9 Å². The minimum absolute atomic E-state index is 0.0760. The predicted molar refractivity (Wildman–Crippen MR) is 98.3 cm³/mol. The topological polar surface area (TPSA) is 119 Å². The average molecular weight is 366 g/mol. The molecule has 1 atom stereocenters. The second-order valence-corrected chi connectivity index (χ2v) is 7.11. The summed E-state index contributed by atoms with van der Waals surface area (Å²) in [6.45, 7) is 7.30. The molecule has 0 spiro atoms. The molecule has 9 nitrogen and oxygen atoms in total. The summed E-state index contributed by atoms with van der Waals surface area (Å²) in [5.41, 5.74) is -0.623. The number of nitriles is 1. The van der Waals surface area contributed by atoms with Crippen molar-refractivity contribution in [2.75, 3.05) is 26.7 Å². The average Bonchev–Trinajstić information content (AvgIpc) is 3.08. The minimum atomic E-state index is -0.629. The highest BCUT2D eigenvalue weighted by molar-refractivity contribution is 5.86. The Kier molecular flexibility index (Phi) is 8.68. The highest BCUT2D eigenvalue weighted by Crippen LogP contribution is 2.13. The number of aliphatic imine (C=N–C) groups is 1. The van der Waals surface area contributed by atoms with Crippen LogP contribution in [0.4, 0.5) is 4.79 Å².